The molecule has 0 aliphatic rings. The number of carbonyl (C=O) groups excluding carboxylic acids is 1. The van der Waals surface area contributed by atoms with Crippen LogP contribution in [-0.2, 0) is 0 Å². The summed E-state index contributed by atoms with van der Waals surface area (Å²) in [5, 5.41) is 0. The Hall–Kier alpha value is -2.55. The molecule has 0 atom stereocenters. The number of benzene rings is 2. The second-order valence-corrected chi connectivity index (χ2v) is 4.82. The molecule has 0 spiro atoms. The molecule has 0 heterocycles. The van der Waals surface area contributed by atoms with Gasteiger partial charge in [-0.3, -0.25) is 4.79 Å². The van der Waals surface area contributed by atoms with Crippen molar-refractivity contribution in [1.29, 1.82) is 0 Å². The maximum absolute atomic E-state index is 12.1. The number of hydrogen-bond acceptors (Lipinski definition) is 3. The van der Waals surface area contributed by atoms with Gasteiger partial charge in [0.25, 0.3) is 0 Å². The van der Waals surface area contributed by atoms with E-state index < -0.39 is 0 Å². The van der Waals surface area contributed by atoms with Crippen molar-refractivity contribution in [3.05, 3.63) is 65.7 Å². The zero-order valence-corrected chi connectivity index (χ0v) is 12.9. The lowest BCUT2D eigenvalue weighted by molar-refractivity contribution is 0.104. The topological polar surface area (TPSA) is 35.5 Å². The maximum atomic E-state index is 12.1. The van der Waals surface area contributed by atoms with Crippen LogP contribution in [0.1, 0.15) is 29.3 Å². The van der Waals surface area contributed by atoms with E-state index in [4.69, 9.17) is 9.47 Å². The van der Waals surface area contributed by atoms with Crippen LogP contribution in [0.15, 0.2) is 54.6 Å². The molecule has 0 aromatic heterocycles. The van der Waals surface area contributed by atoms with Gasteiger partial charge < -0.3 is 9.47 Å². The first-order valence-corrected chi connectivity index (χ1v) is 7.33. The summed E-state index contributed by atoms with van der Waals surface area (Å²) in [6.07, 6.45) is 4.28. The van der Waals surface area contributed by atoms with Crippen LogP contribution in [0.3, 0.4) is 0 Å². The van der Waals surface area contributed by atoms with Crippen molar-refractivity contribution in [2.24, 2.45) is 0 Å². The van der Waals surface area contributed by atoms with Crippen LogP contribution in [-0.4, -0.2) is 19.5 Å². The summed E-state index contributed by atoms with van der Waals surface area (Å²) in [6, 6.07) is 14.8. The van der Waals surface area contributed by atoms with Crippen molar-refractivity contribution in [3.8, 4) is 11.5 Å². The molecule has 0 amide bonds. The largest absolute Gasteiger partial charge is 0.493 e. The fourth-order valence-electron chi connectivity index (χ4n) is 1.99. The normalized spacial score (nSPS) is 10.6. The van der Waals surface area contributed by atoms with Crippen LogP contribution >= 0.6 is 0 Å². The predicted octanol–water partition coefficient (Wildman–Crippen LogP) is 4.38. The van der Waals surface area contributed by atoms with E-state index in [1.165, 1.54) is 0 Å². The molecule has 22 heavy (non-hydrogen) atoms. The Bertz CT molecular complexity index is 645. The molecule has 0 aliphatic carbocycles. The number of hydrogen-bond donors (Lipinski definition) is 0. The molecule has 0 N–H and O–H groups in total. The number of methoxy groups -OCH3 is 1. The fourth-order valence-corrected chi connectivity index (χ4v) is 1.99. The van der Waals surface area contributed by atoms with Gasteiger partial charge in [-0.1, -0.05) is 49.4 Å². The molecule has 2 rings (SSSR count). The minimum atomic E-state index is -0.0209. The Balaban J connectivity index is 2.15. The zero-order valence-electron chi connectivity index (χ0n) is 12.9. The molecule has 3 nitrogen and oxygen atoms in total. The van der Waals surface area contributed by atoms with E-state index in [1.54, 1.807) is 31.4 Å². The lowest BCUT2D eigenvalue weighted by Gasteiger charge is -2.10. The van der Waals surface area contributed by atoms with E-state index >= 15 is 0 Å². The summed E-state index contributed by atoms with van der Waals surface area (Å²) in [5.41, 5.74) is 1.57. The van der Waals surface area contributed by atoms with Gasteiger partial charge >= 0.3 is 0 Å². The summed E-state index contributed by atoms with van der Waals surface area (Å²) in [5.74, 6) is 1.37. The summed E-state index contributed by atoms with van der Waals surface area (Å²) < 4.78 is 10.9. The highest BCUT2D eigenvalue weighted by Gasteiger charge is 2.05. The second-order valence-electron chi connectivity index (χ2n) is 4.82. The monoisotopic (exact) mass is 296 g/mol. The third-order valence-corrected chi connectivity index (χ3v) is 3.13. The first-order chi connectivity index (χ1) is 10.7. The summed E-state index contributed by atoms with van der Waals surface area (Å²) >= 11 is 0. The van der Waals surface area contributed by atoms with Crippen molar-refractivity contribution in [2.75, 3.05) is 13.7 Å². The smallest absolute Gasteiger partial charge is 0.185 e. The molecule has 0 unspecified atom stereocenters. The van der Waals surface area contributed by atoms with Gasteiger partial charge in [0.05, 0.1) is 13.7 Å². The first-order valence-electron chi connectivity index (χ1n) is 7.33. The van der Waals surface area contributed by atoms with E-state index in [-0.39, 0.29) is 5.78 Å². The Morgan fingerprint density at radius 3 is 2.55 bits per heavy atom. The van der Waals surface area contributed by atoms with Crippen molar-refractivity contribution in [2.45, 2.75) is 13.3 Å². The quantitative estimate of drug-likeness (QED) is 0.562. The Morgan fingerprint density at radius 2 is 1.86 bits per heavy atom. The van der Waals surface area contributed by atoms with Crippen LogP contribution < -0.4 is 9.47 Å². The van der Waals surface area contributed by atoms with Crippen molar-refractivity contribution < 1.29 is 14.3 Å². The van der Waals surface area contributed by atoms with E-state index in [2.05, 4.69) is 6.92 Å². The van der Waals surface area contributed by atoms with Crippen LogP contribution in [0, 0.1) is 0 Å². The van der Waals surface area contributed by atoms with Crippen LogP contribution in [0.25, 0.3) is 6.08 Å². The molecular formula is C19H20O3. The lowest BCUT2D eigenvalue weighted by atomic mass is 10.1. The molecule has 0 radical (unpaired) electrons. The molecule has 2 aromatic carbocycles. The van der Waals surface area contributed by atoms with E-state index in [0.717, 1.165) is 12.0 Å². The molecule has 0 fully saturated rings. The molecule has 3 heteroatoms. The highest BCUT2D eigenvalue weighted by Crippen LogP contribution is 2.28. The summed E-state index contributed by atoms with van der Waals surface area (Å²) in [6.45, 7) is 2.68. The van der Waals surface area contributed by atoms with Gasteiger partial charge in [-0.2, -0.15) is 0 Å². The fraction of sp³-hybridized carbons (Fsp3) is 0.211. The van der Waals surface area contributed by atoms with Crippen molar-refractivity contribution in [3.63, 3.8) is 0 Å². The van der Waals surface area contributed by atoms with Crippen LogP contribution in [0.5, 0.6) is 11.5 Å². The molecule has 0 saturated carbocycles. The maximum Gasteiger partial charge on any atom is 0.185 e. The molecule has 0 saturated heterocycles. The summed E-state index contributed by atoms with van der Waals surface area (Å²) in [7, 11) is 1.61. The van der Waals surface area contributed by atoms with Gasteiger partial charge in [0, 0.05) is 5.56 Å². The van der Waals surface area contributed by atoms with Gasteiger partial charge in [0.15, 0.2) is 17.3 Å². The number of carbonyl (C=O) groups is 1. The van der Waals surface area contributed by atoms with Crippen LogP contribution in [0.4, 0.5) is 0 Å². The van der Waals surface area contributed by atoms with Gasteiger partial charge in [-0.25, -0.2) is 0 Å². The second kappa shape index (κ2) is 8.03. The van der Waals surface area contributed by atoms with Gasteiger partial charge in [-0.05, 0) is 30.2 Å². The standard InChI is InChI=1S/C19H20O3/c1-3-13-22-19-14-15(10-12-18(19)21-2)9-11-17(20)16-7-5-4-6-8-16/h4-12,14H,3,13H2,1-2H3/b11-9+. The average Bonchev–Trinajstić information content (AvgIpc) is 2.58. The molecular weight excluding hydrogens is 276 g/mol. The molecule has 0 aliphatic heterocycles. The lowest BCUT2D eigenvalue weighted by Crippen LogP contribution is -1.98. The third kappa shape index (κ3) is 4.22. The minimum Gasteiger partial charge on any atom is -0.493 e. The molecule has 114 valence electrons. The average molecular weight is 296 g/mol. The van der Waals surface area contributed by atoms with E-state index in [0.29, 0.717) is 23.7 Å². The highest BCUT2D eigenvalue weighted by molar-refractivity contribution is 6.06. The van der Waals surface area contributed by atoms with Crippen molar-refractivity contribution >= 4 is 11.9 Å². The Kier molecular flexibility index (Phi) is 5.78. The summed E-state index contributed by atoms with van der Waals surface area (Å²) in [4.78, 5) is 12.1. The van der Waals surface area contributed by atoms with Gasteiger partial charge in [0.1, 0.15) is 0 Å². The Labute approximate surface area is 131 Å². The van der Waals surface area contributed by atoms with E-state index in [1.807, 2.05) is 36.4 Å². The zero-order chi connectivity index (χ0) is 15.8. The van der Waals surface area contributed by atoms with E-state index in [9.17, 15) is 4.79 Å². The molecule has 0 bridgehead atoms. The predicted molar refractivity (Wildman–Crippen MR) is 88.6 cm³/mol. The third-order valence-electron chi connectivity index (χ3n) is 3.13. The number of ketones is 1. The first kappa shape index (κ1) is 15.8. The number of allylic oxidation sites excluding steroid dienone is 1. The SMILES string of the molecule is CCCOc1cc(/C=C/C(=O)c2ccccc2)ccc1OC. The Morgan fingerprint density at radius 1 is 1.09 bits per heavy atom. The van der Waals surface area contributed by atoms with Crippen molar-refractivity contribution in [1.82, 2.24) is 0 Å². The van der Waals surface area contributed by atoms with Gasteiger partial charge in [-0.15, -0.1) is 0 Å². The molecule has 2 aromatic rings. The van der Waals surface area contributed by atoms with Gasteiger partial charge in [0.2, 0.25) is 0 Å². The van der Waals surface area contributed by atoms with Crippen LogP contribution in [0.2, 0.25) is 0 Å². The highest BCUT2D eigenvalue weighted by atomic mass is 16.5. The number of ether oxygens (including phenoxy) is 2. The minimum absolute atomic E-state index is 0.0209. The number of rotatable bonds is 7.